The van der Waals surface area contributed by atoms with Crippen molar-refractivity contribution in [3.63, 3.8) is 0 Å². The first kappa shape index (κ1) is 42.6. The van der Waals surface area contributed by atoms with Gasteiger partial charge in [0.1, 0.15) is 0 Å². The van der Waals surface area contributed by atoms with E-state index in [-0.39, 0.29) is 17.1 Å². The Morgan fingerprint density at radius 1 is 0.438 bits per heavy atom. The molecule has 4 heterocycles. The van der Waals surface area contributed by atoms with Crippen LogP contribution in [0.2, 0.25) is 0 Å². The first-order chi connectivity index (χ1) is 21.3. The van der Waals surface area contributed by atoms with Crippen LogP contribution in [0.5, 0.6) is 0 Å². The molecular formula is C30H32CuF6N5O4S2. The van der Waals surface area contributed by atoms with Gasteiger partial charge in [-0.15, -0.1) is 0 Å². The van der Waals surface area contributed by atoms with E-state index in [2.05, 4.69) is 96.2 Å². The fraction of sp³-hybridized carbons (Fsp3) is 0.333. The summed E-state index contributed by atoms with van der Waals surface area (Å²) in [5.74, 6) is 0. The first-order valence-corrected chi connectivity index (χ1v) is 16.4. The maximum Gasteiger partial charge on any atom is 1.00 e. The standard InChI is InChI=1S/2C14H16N2.C2F6NO4S2.Cu/c2*1-9-5-11(3)15-13(7-9)14-8-10(2)6-12(4)16-14;3-1(4,5)14(10,11)9-15(12,13)2(6,7)8;/h2*5-8H,1-4H3;;/q;;-1;+1. The van der Waals surface area contributed by atoms with Gasteiger partial charge in [-0.2, -0.15) is 26.3 Å². The van der Waals surface area contributed by atoms with E-state index in [4.69, 9.17) is 0 Å². The van der Waals surface area contributed by atoms with Crippen LogP contribution in [0.25, 0.3) is 26.9 Å². The smallest absolute Gasteiger partial charge is 0.421 e. The van der Waals surface area contributed by atoms with Gasteiger partial charge < -0.3 is 4.13 Å². The van der Waals surface area contributed by atoms with E-state index in [0.717, 1.165) is 49.7 Å². The van der Waals surface area contributed by atoms with Crippen molar-refractivity contribution in [3.05, 3.63) is 97.7 Å². The Balaban J connectivity index is 0.000000357. The molecule has 48 heavy (non-hydrogen) atoms. The second kappa shape index (κ2) is 16.3. The van der Waals surface area contributed by atoms with Crippen molar-refractivity contribution in [2.75, 3.05) is 0 Å². The van der Waals surface area contributed by atoms with Crippen molar-refractivity contribution in [2.45, 2.75) is 66.4 Å². The molecule has 0 saturated carbocycles. The largest absolute Gasteiger partial charge is 1.00 e. The summed E-state index contributed by atoms with van der Waals surface area (Å²) in [4.78, 5) is 18.1. The predicted octanol–water partition coefficient (Wildman–Crippen LogP) is 7.81. The fourth-order valence-electron chi connectivity index (χ4n) is 4.10. The van der Waals surface area contributed by atoms with Crippen LogP contribution in [0.4, 0.5) is 26.3 Å². The van der Waals surface area contributed by atoms with E-state index in [0.29, 0.717) is 0 Å². The van der Waals surface area contributed by atoms with Gasteiger partial charge in [-0.3, -0.25) is 19.9 Å². The van der Waals surface area contributed by atoms with E-state index >= 15 is 0 Å². The molecule has 9 nitrogen and oxygen atoms in total. The molecule has 266 valence electrons. The Morgan fingerprint density at radius 2 is 0.625 bits per heavy atom. The molecule has 0 fully saturated rings. The van der Waals surface area contributed by atoms with Gasteiger partial charge in [-0.05, 0) is 126 Å². The summed E-state index contributed by atoms with van der Waals surface area (Å²) in [5, 5.41) is 0. The van der Waals surface area contributed by atoms with Gasteiger partial charge in [-0.25, -0.2) is 16.8 Å². The molecule has 4 rings (SSSR count). The zero-order valence-corrected chi connectivity index (χ0v) is 29.4. The van der Waals surface area contributed by atoms with E-state index in [1.807, 2.05) is 27.7 Å². The molecule has 0 atom stereocenters. The summed E-state index contributed by atoms with van der Waals surface area (Å²) < 4.78 is 109. The summed E-state index contributed by atoms with van der Waals surface area (Å²) in [6, 6.07) is 16.6. The van der Waals surface area contributed by atoms with E-state index < -0.39 is 31.1 Å². The van der Waals surface area contributed by atoms with Gasteiger partial charge in [0.05, 0.1) is 22.8 Å². The van der Waals surface area contributed by atoms with Crippen molar-refractivity contribution in [1.82, 2.24) is 19.9 Å². The molecule has 4 aromatic rings. The molecule has 18 heteroatoms. The Kier molecular flexibility index (Phi) is 14.5. The van der Waals surface area contributed by atoms with Crippen LogP contribution in [-0.2, 0) is 37.1 Å². The van der Waals surface area contributed by atoms with Gasteiger partial charge in [0.25, 0.3) is 0 Å². The minimum atomic E-state index is -6.72. The van der Waals surface area contributed by atoms with Crippen LogP contribution in [-0.4, -0.2) is 47.8 Å². The Morgan fingerprint density at radius 3 is 0.771 bits per heavy atom. The molecule has 0 aliphatic carbocycles. The van der Waals surface area contributed by atoms with Gasteiger partial charge in [0, 0.05) is 22.8 Å². The number of hydrogen-bond acceptors (Lipinski definition) is 8. The van der Waals surface area contributed by atoms with Crippen LogP contribution < -0.4 is 0 Å². The first-order valence-electron chi connectivity index (χ1n) is 13.5. The van der Waals surface area contributed by atoms with Gasteiger partial charge in [0.2, 0.25) is 0 Å². The number of alkyl halides is 6. The van der Waals surface area contributed by atoms with E-state index in [9.17, 15) is 43.2 Å². The zero-order chi connectivity index (χ0) is 36.1. The minimum absolute atomic E-state index is 0. The van der Waals surface area contributed by atoms with Crippen molar-refractivity contribution in [3.8, 4) is 22.8 Å². The van der Waals surface area contributed by atoms with Gasteiger partial charge in [-0.1, -0.05) is 0 Å². The summed E-state index contributed by atoms with van der Waals surface area (Å²) in [6.07, 6.45) is 0. The molecule has 0 aliphatic heterocycles. The number of rotatable bonds is 4. The topological polar surface area (TPSA) is 134 Å². The number of halogens is 6. The number of aryl methyl sites for hydroxylation is 8. The van der Waals surface area contributed by atoms with E-state index in [1.54, 1.807) is 0 Å². The van der Waals surface area contributed by atoms with Crippen LogP contribution in [0.15, 0.2) is 48.5 Å². The third kappa shape index (κ3) is 12.5. The monoisotopic (exact) mass is 767 g/mol. The molecule has 0 amide bonds. The van der Waals surface area contributed by atoms with Crippen molar-refractivity contribution in [2.24, 2.45) is 0 Å². The summed E-state index contributed by atoms with van der Waals surface area (Å²) in [7, 11) is -13.4. The normalized spacial score (nSPS) is 11.8. The van der Waals surface area contributed by atoms with Crippen molar-refractivity contribution >= 4 is 20.0 Å². The third-order valence-corrected chi connectivity index (χ3v) is 8.44. The van der Waals surface area contributed by atoms with Crippen LogP contribution in [0.1, 0.15) is 45.0 Å². The molecule has 4 aromatic heterocycles. The predicted molar refractivity (Wildman–Crippen MR) is 166 cm³/mol. The second-order valence-electron chi connectivity index (χ2n) is 10.6. The maximum absolute atomic E-state index is 11.4. The molecule has 0 aliphatic rings. The number of nitrogens with zero attached hydrogens (tertiary/aromatic N) is 5. The molecule has 0 saturated heterocycles. The van der Waals surface area contributed by atoms with Crippen LogP contribution >= 0.6 is 0 Å². The van der Waals surface area contributed by atoms with Crippen LogP contribution in [0, 0.1) is 55.4 Å². The summed E-state index contributed by atoms with van der Waals surface area (Å²) in [5.41, 5.74) is 0.497. The number of hydrogen-bond donors (Lipinski definition) is 0. The number of sulfonamides is 2. The van der Waals surface area contributed by atoms with Gasteiger partial charge >= 0.3 is 28.1 Å². The Bertz CT molecular complexity index is 1650. The Labute approximate surface area is 286 Å². The second-order valence-corrected chi connectivity index (χ2v) is 14.0. The molecule has 0 bridgehead atoms. The van der Waals surface area contributed by atoms with Crippen molar-refractivity contribution < 1.29 is 60.2 Å². The SMILES string of the molecule is Cc1cc(C)nc(-c2cc(C)cc(C)n2)c1.Cc1cc(C)nc(-c2cc(C)cc(C)n2)c1.O=S(=O)([N-]S(=O)(=O)C(F)(F)F)C(F)(F)F.[Cu+]. The number of pyridine rings is 4. The summed E-state index contributed by atoms with van der Waals surface area (Å²) >= 11 is 0. The fourth-order valence-corrected chi connectivity index (χ4v) is 5.81. The molecular weight excluding hydrogens is 736 g/mol. The Hall–Kier alpha value is -3.44. The minimum Gasteiger partial charge on any atom is -0.421 e. The third-order valence-electron chi connectivity index (χ3n) is 5.70. The molecule has 0 N–H and O–H groups in total. The molecule has 0 radical (unpaired) electrons. The molecule has 0 unspecified atom stereocenters. The average molecular weight is 768 g/mol. The average Bonchev–Trinajstić information content (AvgIpc) is 2.85. The van der Waals surface area contributed by atoms with E-state index in [1.165, 1.54) is 22.3 Å². The molecule has 0 aromatic carbocycles. The zero-order valence-electron chi connectivity index (χ0n) is 26.9. The quantitative estimate of drug-likeness (QED) is 0.152. The summed E-state index contributed by atoms with van der Waals surface area (Å²) in [6.45, 7) is 16.4. The number of aromatic nitrogens is 4. The van der Waals surface area contributed by atoms with Gasteiger partial charge in [0.15, 0.2) is 20.0 Å². The molecule has 0 spiro atoms. The maximum atomic E-state index is 11.4. The van der Waals surface area contributed by atoms with Crippen molar-refractivity contribution in [1.29, 1.82) is 0 Å². The van der Waals surface area contributed by atoms with Crippen LogP contribution in [0.3, 0.4) is 0 Å².